The summed E-state index contributed by atoms with van der Waals surface area (Å²) in [7, 11) is -3.24. The molecule has 0 saturated carbocycles. The Morgan fingerprint density at radius 2 is 1.62 bits per heavy atom. The van der Waals surface area contributed by atoms with Crippen LogP contribution in [-0.2, 0) is 10.0 Å². The maximum Gasteiger partial charge on any atom is 0.214 e. The first-order valence-electron chi connectivity index (χ1n) is 5.09. The molecule has 3 nitrogen and oxygen atoms in total. The number of benzene rings is 1. The fraction of sp³-hybridized carbons (Fsp3) is 0.455. The van der Waals surface area contributed by atoms with Gasteiger partial charge in [-0.2, -0.15) is 0 Å². The van der Waals surface area contributed by atoms with Gasteiger partial charge in [0.15, 0.2) is 0 Å². The number of nitrogens with one attached hydrogen (secondary N) is 1. The molecule has 1 atom stereocenters. The Morgan fingerprint density at radius 3 is 2.06 bits per heavy atom. The van der Waals surface area contributed by atoms with Gasteiger partial charge in [-0.25, -0.2) is 13.1 Å². The van der Waals surface area contributed by atoms with E-state index < -0.39 is 15.3 Å². The second-order valence-electron chi connectivity index (χ2n) is 3.98. The molecule has 1 N–H and O–H groups in total. The van der Waals surface area contributed by atoms with Gasteiger partial charge in [-0.1, -0.05) is 23.7 Å². The normalized spacial score (nSPS) is 14.1. The van der Waals surface area contributed by atoms with Gasteiger partial charge >= 0.3 is 0 Å². The smallest absolute Gasteiger partial charge is 0.212 e. The molecule has 5 heteroatoms. The van der Waals surface area contributed by atoms with Gasteiger partial charge in [0.25, 0.3) is 0 Å². The van der Waals surface area contributed by atoms with Crippen LogP contribution >= 0.6 is 11.6 Å². The second kappa shape index (κ2) is 5.17. The van der Waals surface area contributed by atoms with Gasteiger partial charge in [-0.3, -0.25) is 0 Å². The van der Waals surface area contributed by atoms with E-state index in [0.29, 0.717) is 5.02 Å². The summed E-state index contributed by atoms with van der Waals surface area (Å²) < 4.78 is 25.9. The highest BCUT2D eigenvalue weighted by Crippen LogP contribution is 2.17. The fourth-order valence-corrected chi connectivity index (χ4v) is 2.23. The Bertz CT molecular complexity index is 440. The first kappa shape index (κ1) is 13.5. The van der Waals surface area contributed by atoms with Gasteiger partial charge in [0, 0.05) is 11.1 Å². The first-order chi connectivity index (χ1) is 7.33. The summed E-state index contributed by atoms with van der Waals surface area (Å²) in [5, 5.41) is 0.213. The summed E-state index contributed by atoms with van der Waals surface area (Å²) >= 11 is 5.76. The van der Waals surface area contributed by atoms with Crippen LogP contribution in [0.4, 0.5) is 0 Å². The van der Waals surface area contributed by atoms with Crippen LogP contribution in [0.3, 0.4) is 0 Å². The van der Waals surface area contributed by atoms with Crippen molar-refractivity contribution >= 4 is 21.6 Å². The lowest BCUT2D eigenvalue weighted by molar-refractivity contribution is 0.558. The molecule has 0 aliphatic carbocycles. The molecule has 90 valence electrons. The predicted molar refractivity (Wildman–Crippen MR) is 67.1 cm³/mol. The van der Waals surface area contributed by atoms with Gasteiger partial charge in [0.05, 0.1) is 5.25 Å². The van der Waals surface area contributed by atoms with E-state index in [-0.39, 0.29) is 6.04 Å². The molecule has 0 bridgehead atoms. The molecule has 0 aromatic heterocycles. The Labute approximate surface area is 102 Å². The third kappa shape index (κ3) is 3.47. The van der Waals surface area contributed by atoms with Gasteiger partial charge in [-0.05, 0) is 38.5 Å². The summed E-state index contributed by atoms with van der Waals surface area (Å²) in [4.78, 5) is 0. The summed E-state index contributed by atoms with van der Waals surface area (Å²) in [6.45, 7) is 5.11. The zero-order valence-electron chi connectivity index (χ0n) is 9.57. The predicted octanol–water partition coefficient (Wildman–Crippen LogP) is 2.73. The van der Waals surface area contributed by atoms with E-state index in [1.54, 1.807) is 26.0 Å². The van der Waals surface area contributed by atoms with Crippen LogP contribution in [0.5, 0.6) is 0 Å². The lowest BCUT2D eigenvalue weighted by Crippen LogP contribution is -2.32. The van der Waals surface area contributed by atoms with Crippen molar-refractivity contribution < 1.29 is 8.42 Å². The molecular formula is C11H16ClNO2S. The van der Waals surface area contributed by atoms with Crippen LogP contribution in [-0.4, -0.2) is 13.7 Å². The van der Waals surface area contributed by atoms with Crippen molar-refractivity contribution in [2.24, 2.45) is 0 Å². The van der Waals surface area contributed by atoms with Gasteiger partial charge in [0.1, 0.15) is 0 Å². The topological polar surface area (TPSA) is 46.2 Å². The van der Waals surface area contributed by atoms with Crippen molar-refractivity contribution in [3.8, 4) is 0 Å². The van der Waals surface area contributed by atoms with Crippen molar-refractivity contribution in [1.29, 1.82) is 0 Å². The minimum atomic E-state index is -3.24. The largest absolute Gasteiger partial charge is 0.214 e. The molecular weight excluding hydrogens is 246 g/mol. The van der Waals surface area contributed by atoms with E-state index in [0.717, 1.165) is 5.56 Å². The van der Waals surface area contributed by atoms with Crippen molar-refractivity contribution in [2.75, 3.05) is 0 Å². The fourth-order valence-electron chi connectivity index (χ4n) is 1.20. The average Bonchev–Trinajstić information content (AvgIpc) is 2.17. The lowest BCUT2D eigenvalue weighted by atomic mass is 10.1. The average molecular weight is 262 g/mol. The Kier molecular flexibility index (Phi) is 4.35. The minimum Gasteiger partial charge on any atom is -0.212 e. The first-order valence-corrected chi connectivity index (χ1v) is 7.02. The number of hydrogen-bond donors (Lipinski definition) is 1. The molecule has 1 aromatic rings. The van der Waals surface area contributed by atoms with E-state index in [1.165, 1.54) is 0 Å². The SMILES string of the molecule is CC(NS(=O)(=O)C(C)C)c1ccc(Cl)cc1. The van der Waals surface area contributed by atoms with Crippen LogP contribution in [0.15, 0.2) is 24.3 Å². The molecule has 0 radical (unpaired) electrons. The zero-order chi connectivity index (χ0) is 12.3. The molecule has 1 unspecified atom stereocenters. The van der Waals surface area contributed by atoms with Crippen LogP contribution in [0, 0.1) is 0 Å². The van der Waals surface area contributed by atoms with Crippen molar-refractivity contribution in [3.63, 3.8) is 0 Å². The number of sulfonamides is 1. The molecule has 16 heavy (non-hydrogen) atoms. The Morgan fingerprint density at radius 1 is 1.12 bits per heavy atom. The molecule has 1 aromatic carbocycles. The van der Waals surface area contributed by atoms with Gasteiger partial charge in [-0.15, -0.1) is 0 Å². The second-order valence-corrected chi connectivity index (χ2v) is 6.69. The summed E-state index contributed by atoms with van der Waals surface area (Å²) in [5.74, 6) is 0. The molecule has 1 rings (SSSR count). The standard InChI is InChI=1S/C11H16ClNO2S/c1-8(2)16(14,15)13-9(3)10-4-6-11(12)7-5-10/h4-9,13H,1-3H3. The van der Waals surface area contributed by atoms with E-state index >= 15 is 0 Å². The third-order valence-corrected chi connectivity index (χ3v) is 4.51. The summed E-state index contributed by atoms with van der Waals surface area (Å²) in [6, 6.07) is 6.88. The molecule has 0 spiro atoms. The van der Waals surface area contributed by atoms with E-state index in [9.17, 15) is 8.42 Å². The maximum absolute atomic E-state index is 11.6. The van der Waals surface area contributed by atoms with Crippen LogP contribution in [0.2, 0.25) is 5.02 Å². The number of hydrogen-bond acceptors (Lipinski definition) is 2. The van der Waals surface area contributed by atoms with Gasteiger partial charge < -0.3 is 0 Å². The Hall–Kier alpha value is -0.580. The van der Waals surface area contributed by atoms with Crippen molar-refractivity contribution in [1.82, 2.24) is 4.72 Å². The summed E-state index contributed by atoms with van der Waals surface area (Å²) in [5.41, 5.74) is 0.897. The van der Waals surface area contributed by atoms with Crippen LogP contribution in [0.1, 0.15) is 32.4 Å². The monoisotopic (exact) mass is 261 g/mol. The van der Waals surface area contributed by atoms with Crippen LogP contribution in [0.25, 0.3) is 0 Å². The molecule has 0 aliphatic rings. The molecule has 0 aliphatic heterocycles. The van der Waals surface area contributed by atoms with Crippen molar-refractivity contribution in [3.05, 3.63) is 34.9 Å². The molecule has 0 heterocycles. The molecule has 0 fully saturated rings. The third-order valence-electron chi connectivity index (χ3n) is 2.33. The van der Waals surface area contributed by atoms with E-state index in [4.69, 9.17) is 11.6 Å². The molecule has 0 amide bonds. The van der Waals surface area contributed by atoms with Crippen molar-refractivity contribution in [2.45, 2.75) is 32.1 Å². The lowest BCUT2D eigenvalue weighted by Gasteiger charge is -2.16. The van der Waals surface area contributed by atoms with Gasteiger partial charge in [0.2, 0.25) is 10.0 Å². The highest BCUT2D eigenvalue weighted by molar-refractivity contribution is 7.90. The highest BCUT2D eigenvalue weighted by Gasteiger charge is 2.19. The number of rotatable bonds is 4. The maximum atomic E-state index is 11.6. The van der Waals surface area contributed by atoms with E-state index in [2.05, 4.69) is 4.72 Å². The van der Waals surface area contributed by atoms with Crippen LogP contribution < -0.4 is 4.72 Å². The molecule has 0 saturated heterocycles. The summed E-state index contributed by atoms with van der Waals surface area (Å²) in [6.07, 6.45) is 0. The highest BCUT2D eigenvalue weighted by atomic mass is 35.5. The quantitative estimate of drug-likeness (QED) is 0.906. The minimum absolute atomic E-state index is 0.246. The Balaban J connectivity index is 2.81. The zero-order valence-corrected chi connectivity index (χ0v) is 11.1. The van der Waals surface area contributed by atoms with E-state index in [1.807, 2.05) is 19.1 Å². The number of halogens is 1.